The molecule has 3 rings (SSSR count). The van der Waals surface area contributed by atoms with E-state index < -0.39 is 0 Å². The van der Waals surface area contributed by atoms with Crippen LogP contribution in [-0.2, 0) is 0 Å². The highest BCUT2D eigenvalue weighted by Crippen LogP contribution is 2.23. The van der Waals surface area contributed by atoms with Gasteiger partial charge >= 0.3 is 0 Å². The van der Waals surface area contributed by atoms with Crippen molar-refractivity contribution >= 4 is 21.7 Å². The molecule has 1 aromatic heterocycles. The van der Waals surface area contributed by atoms with Crippen molar-refractivity contribution in [1.29, 1.82) is 0 Å². The van der Waals surface area contributed by atoms with Gasteiger partial charge in [0.15, 0.2) is 0 Å². The number of halogens is 1. The molecule has 1 saturated heterocycles. The zero-order valence-corrected chi connectivity index (χ0v) is 12.5. The van der Waals surface area contributed by atoms with Gasteiger partial charge in [0.2, 0.25) is 5.88 Å². The minimum atomic E-state index is 0.502. The van der Waals surface area contributed by atoms with Crippen LogP contribution in [0, 0.1) is 0 Å². The molecule has 2 aromatic rings. The number of hydrogen-bond donors (Lipinski definition) is 1. The maximum Gasteiger partial charge on any atom is 0.237 e. The zero-order chi connectivity index (χ0) is 13.8. The smallest absolute Gasteiger partial charge is 0.237 e. The summed E-state index contributed by atoms with van der Waals surface area (Å²) in [6, 6.07) is 7.65. The monoisotopic (exact) mass is 334 g/mol. The summed E-state index contributed by atoms with van der Waals surface area (Å²) in [5, 5.41) is 3.31. The largest absolute Gasteiger partial charge is 0.437 e. The molecule has 1 aliphatic rings. The van der Waals surface area contributed by atoms with Crippen LogP contribution in [0.1, 0.15) is 0 Å². The quantitative estimate of drug-likeness (QED) is 0.934. The Hall–Kier alpha value is -1.66. The lowest BCUT2D eigenvalue weighted by Crippen LogP contribution is -2.43. The Labute approximate surface area is 126 Å². The number of hydrogen-bond acceptors (Lipinski definition) is 5. The summed E-state index contributed by atoms with van der Waals surface area (Å²) >= 11 is 3.41. The van der Waals surface area contributed by atoms with Crippen LogP contribution in [0.2, 0.25) is 0 Å². The number of anilines is 1. The third-order valence-corrected chi connectivity index (χ3v) is 3.57. The average molecular weight is 335 g/mol. The fraction of sp³-hybridized carbons (Fsp3) is 0.286. The molecule has 0 spiro atoms. The van der Waals surface area contributed by atoms with Crippen LogP contribution < -0.4 is 15.0 Å². The van der Waals surface area contributed by atoms with E-state index in [4.69, 9.17) is 4.74 Å². The van der Waals surface area contributed by atoms with Gasteiger partial charge in [-0.3, -0.25) is 0 Å². The number of piperazine rings is 1. The highest BCUT2D eigenvalue weighted by Gasteiger charge is 2.12. The van der Waals surface area contributed by atoms with Crippen molar-refractivity contribution in [3.8, 4) is 11.6 Å². The van der Waals surface area contributed by atoms with Crippen molar-refractivity contribution in [2.75, 3.05) is 31.1 Å². The molecule has 1 fully saturated rings. The average Bonchev–Trinajstić information content (AvgIpc) is 2.49. The molecule has 0 bridgehead atoms. The van der Waals surface area contributed by atoms with Crippen LogP contribution in [0.5, 0.6) is 11.6 Å². The minimum Gasteiger partial charge on any atom is -0.437 e. The molecule has 1 aliphatic heterocycles. The van der Waals surface area contributed by atoms with E-state index in [9.17, 15) is 0 Å². The number of rotatable bonds is 3. The lowest BCUT2D eigenvalue weighted by Gasteiger charge is -2.27. The first kappa shape index (κ1) is 13.3. The predicted octanol–water partition coefficient (Wildman–Crippen LogP) is 2.44. The van der Waals surface area contributed by atoms with Crippen molar-refractivity contribution < 1.29 is 4.74 Å². The van der Waals surface area contributed by atoms with Crippen LogP contribution in [0.4, 0.5) is 5.82 Å². The number of ether oxygens (including phenoxy) is 1. The highest BCUT2D eigenvalue weighted by atomic mass is 79.9. The Morgan fingerprint density at radius 1 is 1.15 bits per heavy atom. The molecule has 1 aromatic carbocycles. The Morgan fingerprint density at radius 2 is 2.00 bits per heavy atom. The normalized spacial score (nSPS) is 15.2. The molecule has 0 unspecified atom stereocenters. The fourth-order valence-electron chi connectivity index (χ4n) is 2.07. The van der Waals surface area contributed by atoms with Gasteiger partial charge in [0.1, 0.15) is 11.6 Å². The van der Waals surface area contributed by atoms with Gasteiger partial charge < -0.3 is 15.0 Å². The lowest BCUT2D eigenvalue weighted by molar-refractivity contribution is 0.459. The molecule has 0 radical (unpaired) electrons. The van der Waals surface area contributed by atoms with Gasteiger partial charge in [-0.2, -0.15) is 0 Å². The molecule has 20 heavy (non-hydrogen) atoms. The number of benzene rings is 1. The van der Waals surface area contributed by atoms with Crippen LogP contribution in [0.15, 0.2) is 41.1 Å². The first-order valence-electron chi connectivity index (χ1n) is 6.52. The first-order valence-corrected chi connectivity index (χ1v) is 7.32. The Balaban J connectivity index is 1.69. The molecule has 0 atom stereocenters. The number of nitrogens with zero attached hydrogens (tertiary/aromatic N) is 3. The fourth-order valence-corrected chi connectivity index (χ4v) is 2.45. The summed E-state index contributed by atoms with van der Waals surface area (Å²) in [4.78, 5) is 11.0. The Morgan fingerprint density at radius 3 is 2.70 bits per heavy atom. The maximum atomic E-state index is 5.67. The molecular weight excluding hydrogens is 320 g/mol. The summed E-state index contributed by atoms with van der Waals surface area (Å²) < 4.78 is 6.64. The van der Waals surface area contributed by atoms with Gasteiger partial charge in [-0.15, -0.1) is 0 Å². The first-order chi connectivity index (χ1) is 9.81. The summed E-state index contributed by atoms with van der Waals surface area (Å²) in [5.74, 6) is 2.14. The van der Waals surface area contributed by atoms with Gasteiger partial charge in [0.25, 0.3) is 0 Å². The van der Waals surface area contributed by atoms with E-state index >= 15 is 0 Å². The number of aromatic nitrogens is 2. The van der Waals surface area contributed by atoms with E-state index in [0.717, 1.165) is 42.2 Å². The highest BCUT2D eigenvalue weighted by molar-refractivity contribution is 9.10. The molecule has 1 N–H and O–H groups in total. The number of nitrogens with one attached hydrogen (secondary N) is 1. The molecule has 0 amide bonds. The Kier molecular flexibility index (Phi) is 4.13. The van der Waals surface area contributed by atoms with Gasteiger partial charge in [-0.25, -0.2) is 9.97 Å². The minimum absolute atomic E-state index is 0.502. The predicted molar refractivity (Wildman–Crippen MR) is 81.3 cm³/mol. The molecule has 2 heterocycles. The van der Waals surface area contributed by atoms with Gasteiger partial charge in [0.05, 0.1) is 12.4 Å². The van der Waals surface area contributed by atoms with Gasteiger partial charge in [-0.1, -0.05) is 22.0 Å². The van der Waals surface area contributed by atoms with Crippen molar-refractivity contribution in [3.63, 3.8) is 0 Å². The molecule has 0 saturated carbocycles. The standard InChI is InChI=1S/C14H15BrN4O/c15-11-2-1-3-12(8-11)20-14-10-17-13(9-18-14)19-6-4-16-5-7-19/h1-3,8-10,16H,4-7H2. The van der Waals surface area contributed by atoms with E-state index in [1.807, 2.05) is 24.3 Å². The molecule has 104 valence electrons. The molecule has 6 heteroatoms. The molecular formula is C14H15BrN4O. The van der Waals surface area contributed by atoms with E-state index in [2.05, 4.69) is 36.1 Å². The third kappa shape index (κ3) is 3.26. The van der Waals surface area contributed by atoms with Crippen LogP contribution in [0.3, 0.4) is 0 Å². The second-order valence-corrected chi connectivity index (χ2v) is 5.42. The van der Waals surface area contributed by atoms with Crippen molar-refractivity contribution in [2.45, 2.75) is 0 Å². The Bertz CT molecular complexity index is 570. The second kappa shape index (κ2) is 6.19. The second-order valence-electron chi connectivity index (χ2n) is 4.51. The van der Waals surface area contributed by atoms with E-state index in [-0.39, 0.29) is 0 Å². The van der Waals surface area contributed by atoms with Gasteiger partial charge in [-0.05, 0) is 18.2 Å². The topological polar surface area (TPSA) is 50.3 Å². The van der Waals surface area contributed by atoms with Gasteiger partial charge in [0, 0.05) is 30.7 Å². The lowest BCUT2D eigenvalue weighted by atomic mass is 10.3. The van der Waals surface area contributed by atoms with E-state index in [1.54, 1.807) is 12.4 Å². The SMILES string of the molecule is Brc1cccc(Oc2cnc(N3CCNCC3)cn2)c1. The zero-order valence-electron chi connectivity index (χ0n) is 10.9. The molecule has 5 nitrogen and oxygen atoms in total. The van der Waals surface area contributed by atoms with Crippen molar-refractivity contribution in [3.05, 3.63) is 41.1 Å². The van der Waals surface area contributed by atoms with Crippen LogP contribution >= 0.6 is 15.9 Å². The van der Waals surface area contributed by atoms with E-state index in [0.29, 0.717) is 5.88 Å². The maximum absolute atomic E-state index is 5.67. The van der Waals surface area contributed by atoms with Crippen molar-refractivity contribution in [1.82, 2.24) is 15.3 Å². The molecule has 0 aliphatic carbocycles. The van der Waals surface area contributed by atoms with E-state index in [1.165, 1.54) is 0 Å². The van der Waals surface area contributed by atoms with Crippen molar-refractivity contribution in [2.24, 2.45) is 0 Å². The summed E-state index contributed by atoms with van der Waals surface area (Å²) in [7, 11) is 0. The van der Waals surface area contributed by atoms with Crippen LogP contribution in [-0.4, -0.2) is 36.1 Å². The summed E-state index contributed by atoms with van der Waals surface area (Å²) in [6.07, 6.45) is 3.43. The summed E-state index contributed by atoms with van der Waals surface area (Å²) in [5.41, 5.74) is 0. The third-order valence-electron chi connectivity index (χ3n) is 3.07. The van der Waals surface area contributed by atoms with Crippen LogP contribution in [0.25, 0.3) is 0 Å². The summed E-state index contributed by atoms with van der Waals surface area (Å²) in [6.45, 7) is 3.89.